The number of hydrogen-bond donors (Lipinski definition) is 4. The summed E-state index contributed by atoms with van der Waals surface area (Å²) in [4.78, 5) is 7.88. The summed E-state index contributed by atoms with van der Waals surface area (Å²) in [6.45, 7) is 0. The van der Waals surface area contributed by atoms with Crippen LogP contribution in [0.5, 0.6) is 0 Å². The average molecular weight is 285 g/mol. The molecule has 0 aliphatic carbocycles. The van der Waals surface area contributed by atoms with E-state index in [0.29, 0.717) is 27.4 Å². The Morgan fingerprint density at radius 1 is 1.06 bits per heavy atom. The van der Waals surface area contributed by atoms with Crippen molar-refractivity contribution in [2.75, 3.05) is 16.5 Å². The fraction of sp³-hybridized carbons (Fsp3) is 0. The highest BCUT2D eigenvalue weighted by molar-refractivity contribution is 6.36. The predicted molar refractivity (Wildman–Crippen MR) is 74.0 cm³/mol. The van der Waals surface area contributed by atoms with E-state index in [-0.39, 0.29) is 5.95 Å². The van der Waals surface area contributed by atoms with Crippen molar-refractivity contribution in [3.05, 3.63) is 34.3 Å². The SMILES string of the molecule is NNc1cc(Nc2ccc(Cl)cc2Cl)nc(N)n1. The Morgan fingerprint density at radius 3 is 2.44 bits per heavy atom. The molecule has 94 valence electrons. The zero-order valence-corrected chi connectivity index (χ0v) is 10.6. The minimum atomic E-state index is 0.0954. The van der Waals surface area contributed by atoms with E-state index in [2.05, 4.69) is 20.7 Å². The second-order valence-corrected chi connectivity index (χ2v) is 4.23. The van der Waals surface area contributed by atoms with Gasteiger partial charge in [0.15, 0.2) is 0 Å². The van der Waals surface area contributed by atoms with Crippen LogP contribution in [0.2, 0.25) is 10.0 Å². The molecule has 8 heteroatoms. The molecule has 1 aromatic heterocycles. The van der Waals surface area contributed by atoms with E-state index in [4.69, 9.17) is 34.8 Å². The molecule has 0 amide bonds. The van der Waals surface area contributed by atoms with Crippen molar-refractivity contribution >= 4 is 46.5 Å². The Hall–Kier alpha value is -1.76. The maximum atomic E-state index is 6.03. The lowest BCUT2D eigenvalue weighted by Gasteiger charge is -2.09. The first-order chi connectivity index (χ1) is 8.58. The van der Waals surface area contributed by atoms with Crippen molar-refractivity contribution in [3.63, 3.8) is 0 Å². The van der Waals surface area contributed by atoms with Gasteiger partial charge in [0.25, 0.3) is 0 Å². The van der Waals surface area contributed by atoms with Gasteiger partial charge in [0.05, 0.1) is 10.7 Å². The minimum absolute atomic E-state index is 0.0954. The van der Waals surface area contributed by atoms with Crippen LogP contribution in [-0.2, 0) is 0 Å². The summed E-state index contributed by atoms with van der Waals surface area (Å²) in [5.41, 5.74) is 8.59. The monoisotopic (exact) mass is 284 g/mol. The Balaban J connectivity index is 2.30. The lowest BCUT2D eigenvalue weighted by molar-refractivity contribution is 1.15. The van der Waals surface area contributed by atoms with E-state index in [9.17, 15) is 0 Å². The molecule has 6 nitrogen and oxygen atoms in total. The van der Waals surface area contributed by atoms with Gasteiger partial charge in [0.1, 0.15) is 11.6 Å². The van der Waals surface area contributed by atoms with Gasteiger partial charge in [0, 0.05) is 11.1 Å². The molecule has 18 heavy (non-hydrogen) atoms. The summed E-state index contributed by atoms with van der Waals surface area (Å²) in [5, 5.41) is 4.02. The number of nitrogen functional groups attached to an aromatic ring is 2. The maximum Gasteiger partial charge on any atom is 0.223 e. The van der Waals surface area contributed by atoms with Crippen molar-refractivity contribution < 1.29 is 0 Å². The third-order valence-electron chi connectivity index (χ3n) is 2.09. The third-order valence-corrected chi connectivity index (χ3v) is 2.63. The van der Waals surface area contributed by atoms with Gasteiger partial charge in [-0.05, 0) is 18.2 Å². The van der Waals surface area contributed by atoms with Crippen LogP contribution in [0.1, 0.15) is 0 Å². The molecule has 0 fully saturated rings. The molecule has 0 spiro atoms. The van der Waals surface area contributed by atoms with E-state index < -0.39 is 0 Å². The van der Waals surface area contributed by atoms with Crippen molar-refractivity contribution in [1.29, 1.82) is 0 Å². The van der Waals surface area contributed by atoms with Gasteiger partial charge in [-0.15, -0.1) is 0 Å². The molecule has 0 saturated carbocycles. The number of halogens is 2. The molecule has 2 aromatic rings. The predicted octanol–water partition coefficient (Wildman–Crippen LogP) is 2.39. The Bertz CT molecular complexity index is 574. The molecule has 2 rings (SSSR count). The number of anilines is 4. The normalized spacial score (nSPS) is 10.2. The van der Waals surface area contributed by atoms with Crippen LogP contribution in [0.25, 0.3) is 0 Å². The molecule has 1 heterocycles. The van der Waals surface area contributed by atoms with Gasteiger partial charge in [-0.1, -0.05) is 23.2 Å². The second kappa shape index (κ2) is 5.26. The van der Waals surface area contributed by atoms with Crippen molar-refractivity contribution in [3.8, 4) is 0 Å². The number of hydrazine groups is 1. The van der Waals surface area contributed by atoms with Gasteiger partial charge >= 0.3 is 0 Å². The maximum absolute atomic E-state index is 6.03. The Morgan fingerprint density at radius 2 is 1.78 bits per heavy atom. The van der Waals surface area contributed by atoms with Crippen LogP contribution < -0.4 is 22.3 Å². The van der Waals surface area contributed by atoms with Gasteiger partial charge in [0.2, 0.25) is 5.95 Å². The van der Waals surface area contributed by atoms with Crippen LogP contribution in [-0.4, -0.2) is 9.97 Å². The molecule has 0 aliphatic rings. The number of nitrogens with one attached hydrogen (secondary N) is 2. The van der Waals surface area contributed by atoms with Gasteiger partial charge < -0.3 is 16.5 Å². The first-order valence-electron chi connectivity index (χ1n) is 4.92. The molecule has 0 radical (unpaired) electrons. The van der Waals surface area contributed by atoms with E-state index in [1.165, 1.54) is 0 Å². The molecular weight excluding hydrogens is 275 g/mol. The van der Waals surface area contributed by atoms with Crippen molar-refractivity contribution in [2.24, 2.45) is 5.84 Å². The standard InChI is InChI=1S/C10H10Cl2N6/c11-5-1-2-7(6(12)3-5)15-8-4-9(18-14)17-10(13)16-8/h1-4H,14H2,(H4,13,15,16,17,18). The zero-order valence-electron chi connectivity index (χ0n) is 9.11. The molecule has 0 unspecified atom stereocenters. The van der Waals surface area contributed by atoms with Gasteiger partial charge in [-0.25, -0.2) is 5.84 Å². The second-order valence-electron chi connectivity index (χ2n) is 3.39. The quantitative estimate of drug-likeness (QED) is 0.510. The molecular formula is C10H10Cl2N6. The number of aromatic nitrogens is 2. The number of rotatable bonds is 3. The summed E-state index contributed by atoms with van der Waals surface area (Å²) in [6, 6.07) is 6.67. The first kappa shape index (κ1) is 12.7. The first-order valence-corrected chi connectivity index (χ1v) is 5.67. The van der Waals surface area contributed by atoms with Crippen LogP contribution in [0, 0.1) is 0 Å². The Kier molecular flexibility index (Phi) is 3.71. The van der Waals surface area contributed by atoms with Crippen LogP contribution in [0.4, 0.5) is 23.3 Å². The van der Waals surface area contributed by atoms with Crippen molar-refractivity contribution in [1.82, 2.24) is 9.97 Å². The van der Waals surface area contributed by atoms with E-state index in [1.54, 1.807) is 24.3 Å². The molecule has 0 bridgehead atoms. The summed E-state index contributed by atoms with van der Waals surface area (Å²) in [6.07, 6.45) is 0. The number of nitrogens with zero attached hydrogens (tertiary/aromatic N) is 2. The Labute approximate surface area is 113 Å². The van der Waals surface area contributed by atoms with Gasteiger partial charge in [-0.2, -0.15) is 9.97 Å². The van der Waals surface area contributed by atoms with E-state index in [1.807, 2.05) is 0 Å². The fourth-order valence-corrected chi connectivity index (χ4v) is 1.79. The molecule has 6 N–H and O–H groups in total. The summed E-state index contributed by atoms with van der Waals surface area (Å²) in [5.74, 6) is 6.23. The van der Waals surface area contributed by atoms with Crippen LogP contribution >= 0.6 is 23.2 Å². The van der Waals surface area contributed by atoms with Crippen LogP contribution in [0.15, 0.2) is 24.3 Å². The highest BCUT2D eigenvalue weighted by Gasteiger charge is 2.05. The lowest BCUT2D eigenvalue weighted by atomic mass is 10.3. The summed E-state index contributed by atoms with van der Waals surface area (Å²) in [7, 11) is 0. The number of benzene rings is 1. The highest BCUT2D eigenvalue weighted by Crippen LogP contribution is 2.28. The van der Waals surface area contributed by atoms with Crippen molar-refractivity contribution in [2.45, 2.75) is 0 Å². The van der Waals surface area contributed by atoms with Crippen LogP contribution in [0.3, 0.4) is 0 Å². The van der Waals surface area contributed by atoms with E-state index >= 15 is 0 Å². The minimum Gasteiger partial charge on any atom is -0.368 e. The third kappa shape index (κ3) is 2.92. The molecule has 0 aliphatic heterocycles. The summed E-state index contributed by atoms with van der Waals surface area (Å²) >= 11 is 11.8. The molecule has 0 atom stereocenters. The summed E-state index contributed by atoms with van der Waals surface area (Å²) < 4.78 is 0. The number of hydrogen-bond acceptors (Lipinski definition) is 6. The van der Waals surface area contributed by atoms with Gasteiger partial charge in [-0.3, -0.25) is 0 Å². The highest BCUT2D eigenvalue weighted by atomic mass is 35.5. The van der Waals surface area contributed by atoms with E-state index in [0.717, 1.165) is 0 Å². The number of nitrogens with two attached hydrogens (primary N) is 2. The topological polar surface area (TPSA) is 102 Å². The lowest BCUT2D eigenvalue weighted by Crippen LogP contribution is -2.11. The molecule has 0 saturated heterocycles. The largest absolute Gasteiger partial charge is 0.368 e. The average Bonchev–Trinajstić information content (AvgIpc) is 2.32. The smallest absolute Gasteiger partial charge is 0.223 e. The molecule has 1 aromatic carbocycles. The fourth-order valence-electron chi connectivity index (χ4n) is 1.33. The zero-order chi connectivity index (χ0) is 13.1.